The van der Waals surface area contributed by atoms with Crippen LogP contribution in [0.25, 0.3) is 0 Å². The third kappa shape index (κ3) is 2.11. The minimum atomic E-state index is -1.18. The predicted octanol–water partition coefficient (Wildman–Crippen LogP) is 2.92. The molecule has 3 rings (SSSR count). The lowest BCUT2D eigenvalue weighted by Gasteiger charge is -2.63. The quantitative estimate of drug-likeness (QED) is 0.452. The minimum absolute atomic E-state index is 0.130. The van der Waals surface area contributed by atoms with Gasteiger partial charge in [-0.3, -0.25) is 9.59 Å². The normalized spacial score (nSPS) is 29.9. The van der Waals surface area contributed by atoms with Gasteiger partial charge >= 0.3 is 5.97 Å². The van der Waals surface area contributed by atoms with Crippen LogP contribution >= 0.6 is 0 Å². The molecule has 2 unspecified atom stereocenters. The van der Waals surface area contributed by atoms with Crippen molar-refractivity contribution in [2.75, 3.05) is 19.7 Å². The number of amides is 1. The second-order valence-corrected chi connectivity index (χ2v) is 6.74. The second-order valence-electron chi connectivity index (χ2n) is 6.74. The van der Waals surface area contributed by atoms with Crippen molar-refractivity contribution in [1.29, 1.82) is 0 Å². The van der Waals surface area contributed by atoms with Crippen LogP contribution in [0.3, 0.4) is 0 Å². The van der Waals surface area contributed by atoms with Crippen molar-refractivity contribution >= 4 is 11.9 Å². The molecule has 1 amide bonds. The molecule has 2 aliphatic rings. The number of carbonyl (C=O) groups is 2. The van der Waals surface area contributed by atoms with Crippen molar-refractivity contribution in [3.8, 4) is 5.75 Å². The SMILES string of the molecule is CCO[C@H]1CC2(C(=O)N(CC)CC)C(=O)Oc3ccccc3C12CC. The summed E-state index contributed by atoms with van der Waals surface area (Å²) in [5.74, 6) is -0.00238. The molecule has 1 aliphatic carbocycles. The van der Waals surface area contributed by atoms with E-state index in [1.165, 1.54) is 0 Å². The van der Waals surface area contributed by atoms with Gasteiger partial charge in [-0.25, -0.2) is 0 Å². The lowest BCUT2D eigenvalue weighted by atomic mass is 9.42. The Balaban J connectivity index is 2.20. The van der Waals surface area contributed by atoms with Gasteiger partial charge < -0.3 is 14.4 Å². The zero-order valence-electron chi connectivity index (χ0n) is 15.5. The molecule has 0 saturated heterocycles. The monoisotopic (exact) mass is 345 g/mol. The third-order valence-electron chi connectivity index (χ3n) is 6.06. The molecule has 3 atom stereocenters. The number of ether oxygens (including phenoxy) is 2. The van der Waals surface area contributed by atoms with E-state index in [0.29, 0.717) is 38.3 Å². The van der Waals surface area contributed by atoms with Crippen LogP contribution in [0.5, 0.6) is 5.75 Å². The maximum Gasteiger partial charge on any atom is 0.328 e. The Morgan fingerprint density at radius 3 is 2.52 bits per heavy atom. The Bertz CT molecular complexity index is 684. The number of carbonyl (C=O) groups excluding carboxylic acids is 2. The number of nitrogens with zero attached hydrogens (tertiary/aromatic N) is 1. The Morgan fingerprint density at radius 2 is 1.92 bits per heavy atom. The van der Waals surface area contributed by atoms with Crippen LogP contribution in [-0.2, 0) is 19.7 Å². The van der Waals surface area contributed by atoms with Gasteiger partial charge in [0, 0.05) is 31.7 Å². The van der Waals surface area contributed by atoms with Crippen LogP contribution < -0.4 is 4.74 Å². The van der Waals surface area contributed by atoms with Crippen LogP contribution in [0.1, 0.15) is 46.1 Å². The molecule has 1 aromatic carbocycles. The van der Waals surface area contributed by atoms with Gasteiger partial charge in [-0.05, 0) is 33.3 Å². The number of rotatable bonds is 6. The van der Waals surface area contributed by atoms with Crippen LogP contribution in [0.2, 0.25) is 0 Å². The maximum absolute atomic E-state index is 13.4. The average Bonchev–Trinajstić information content (AvgIpc) is 2.60. The largest absolute Gasteiger partial charge is 0.425 e. The topological polar surface area (TPSA) is 55.8 Å². The summed E-state index contributed by atoms with van der Waals surface area (Å²) >= 11 is 0. The van der Waals surface area contributed by atoms with E-state index in [1.54, 1.807) is 11.0 Å². The highest BCUT2D eigenvalue weighted by Crippen LogP contribution is 2.66. The number of hydrogen-bond acceptors (Lipinski definition) is 4. The highest BCUT2D eigenvalue weighted by molar-refractivity contribution is 6.08. The first-order chi connectivity index (χ1) is 12.0. The lowest BCUT2D eigenvalue weighted by molar-refractivity contribution is -0.209. The van der Waals surface area contributed by atoms with Gasteiger partial charge in [-0.2, -0.15) is 0 Å². The van der Waals surface area contributed by atoms with E-state index in [0.717, 1.165) is 5.56 Å². The van der Waals surface area contributed by atoms with Crippen molar-refractivity contribution in [2.45, 2.75) is 52.1 Å². The zero-order chi connectivity index (χ0) is 18.2. The third-order valence-corrected chi connectivity index (χ3v) is 6.06. The summed E-state index contributed by atoms with van der Waals surface area (Å²) in [5.41, 5.74) is -0.918. The van der Waals surface area contributed by atoms with Crippen LogP contribution in [0.15, 0.2) is 24.3 Å². The molecule has 1 saturated carbocycles. The van der Waals surface area contributed by atoms with Gasteiger partial charge in [0.15, 0.2) is 5.41 Å². The summed E-state index contributed by atoms with van der Waals surface area (Å²) < 4.78 is 11.6. The van der Waals surface area contributed by atoms with Crippen LogP contribution in [0, 0.1) is 5.41 Å². The first-order valence-electron chi connectivity index (χ1n) is 9.26. The molecule has 1 heterocycles. The molecule has 1 aliphatic heterocycles. The fourth-order valence-electron chi connectivity index (χ4n) is 4.83. The van der Waals surface area contributed by atoms with E-state index in [2.05, 4.69) is 0 Å². The first-order valence-corrected chi connectivity index (χ1v) is 9.26. The van der Waals surface area contributed by atoms with Gasteiger partial charge in [0.05, 0.1) is 11.5 Å². The Morgan fingerprint density at radius 1 is 1.24 bits per heavy atom. The van der Waals surface area contributed by atoms with Gasteiger partial charge in [0.25, 0.3) is 0 Å². The lowest BCUT2D eigenvalue weighted by Crippen LogP contribution is -2.76. The van der Waals surface area contributed by atoms with Gasteiger partial charge in [-0.15, -0.1) is 0 Å². The summed E-state index contributed by atoms with van der Waals surface area (Å²) in [7, 11) is 0. The molecule has 5 heteroatoms. The number of esters is 1. The number of para-hydroxylation sites is 1. The smallest absolute Gasteiger partial charge is 0.328 e. The Kier molecular flexibility index (Phi) is 4.62. The van der Waals surface area contributed by atoms with Crippen molar-refractivity contribution in [3.63, 3.8) is 0 Å². The molecule has 1 aromatic rings. The van der Waals surface area contributed by atoms with Crippen LogP contribution in [0.4, 0.5) is 0 Å². The second kappa shape index (κ2) is 6.45. The van der Waals surface area contributed by atoms with Crippen molar-refractivity contribution in [1.82, 2.24) is 4.90 Å². The highest BCUT2D eigenvalue weighted by atomic mass is 16.5. The molecule has 0 aromatic heterocycles. The predicted molar refractivity (Wildman–Crippen MR) is 94.4 cm³/mol. The average molecular weight is 345 g/mol. The van der Waals surface area contributed by atoms with Gasteiger partial charge in [-0.1, -0.05) is 25.1 Å². The molecular formula is C20H27NO4. The van der Waals surface area contributed by atoms with E-state index >= 15 is 0 Å². The van der Waals surface area contributed by atoms with E-state index in [9.17, 15) is 9.59 Å². The number of hydrogen-bond donors (Lipinski definition) is 0. The summed E-state index contributed by atoms with van der Waals surface area (Å²) in [5, 5.41) is 0. The van der Waals surface area contributed by atoms with Crippen LogP contribution in [-0.4, -0.2) is 42.6 Å². The van der Waals surface area contributed by atoms with Crippen molar-refractivity contribution in [2.24, 2.45) is 5.41 Å². The summed E-state index contributed by atoms with van der Waals surface area (Å²) in [4.78, 5) is 28.3. The first kappa shape index (κ1) is 17.9. The fraction of sp³-hybridized carbons (Fsp3) is 0.600. The van der Waals surface area contributed by atoms with Crippen molar-refractivity contribution < 1.29 is 19.1 Å². The fourth-order valence-corrected chi connectivity index (χ4v) is 4.83. The summed E-state index contributed by atoms with van der Waals surface area (Å²) in [6.45, 7) is 9.56. The molecule has 25 heavy (non-hydrogen) atoms. The zero-order valence-corrected chi connectivity index (χ0v) is 15.5. The molecule has 1 fully saturated rings. The molecule has 5 nitrogen and oxygen atoms in total. The molecule has 0 radical (unpaired) electrons. The van der Waals surface area contributed by atoms with E-state index in [-0.39, 0.29) is 12.0 Å². The standard InChI is InChI=1S/C20H27NO4/c1-5-19-14-11-9-10-12-15(14)25-18(23)20(19,13-16(19)24-8-4)17(22)21(6-2)7-3/h9-12,16H,5-8,13H2,1-4H3/t16-,19?,20?/m0/s1. The Hall–Kier alpha value is -1.88. The minimum Gasteiger partial charge on any atom is -0.425 e. The van der Waals surface area contributed by atoms with Gasteiger partial charge in [0.1, 0.15) is 5.75 Å². The highest BCUT2D eigenvalue weighted by Gasteiger charge is 2.77. The molecule has 0 N–H and O–H groups in total. The van der Waals surface area contributed by atoms with E-state index in [1.807, 2.05) is 45.9 Å². The van der Waals surface area contributed by atoms with E-state index in [4.69, 9.17) is 9.47 Å². The van der Waals surface area contributed by atoms with Crippen molar-refractivity contribution in [3.05, 3.63) is 29.8 Å². The Labute approximate surface area is 149 Å². The molecule has 0 spiro atoms. The number of fused-ring (bicyclic) bond motifs is 3. The molecule has 0 bridgehead atoms. The number of benzene rings is 1. The van der Waals surface area contributed by atoms with Gasteiger partial charge in [0.2, 0.25) is 5.91 Å². The summed E-state index contributed by atoms with van der Waals surface area (Å²) in [6, 6.07) is 7.56. The maximum atomic E-state index is 13.4. The van der Waals surface area contributed by atoms with E-state index < -0.39 is 16.8 Å². The summed E-state index contributed by atoms with van der Waals surface area (Å²) in [6.07, 6.45) is 0.879. The molecular weight excluding hydrogens is 318 g/mol. The molecule has 136 valence electrons.